The van der Waals surface area contributed by atoms with Gasteiger partial charge in [0.05, 0.1) is 11.0 Å². The van der Waals surface area contributed by atoms with Crippen molar-refractivity contribution in [1.82, 2.24) is 4.31 Å². The molecule has 0 saturated carbocycles. The lowest BCUT2D eigenvalue weighted by atomic mass is 9.85. The van der Waals surface area contributed by atoms with Crippen LogP contribution in [0.3, 0.4) is 0 Å². The van der Waals surface area contributed by atoms with E-state index in [1.54, 1.807) is 6.92 Å². The van der Waals surface area contributed by atoms with E-state index in [1.807, 2.05) is 32.0 Å². The Labute approximate surface area is 128 Å². The molecule has 0 fully saturated rings. The summed E-state index contributed by atoms with van der Waals surface area (Å²) < 4.78 is 26.7. The van der Waals surface area contributed by atoms with Crippen LogP contribution < -0.4 is 0 Å². The molecule has 0 N–H and O–H groups in total. The monoisotopic (exact) mass is 308 g/mol. The van der Waals surface area contributed by atoms with E-state index in [9.17, 15) is 8.42 Å². The molecule has 0 bridgehead atoms. The molecular formula is C16H24N2O2S. The first-order chi connectivity index (χ1) is 9.55. The summed E-state index contributed by atoms with van der Waals surface area (Å²) in [5.41, 5.74) is 2.54. The third kappa shape index (κ3) is 3.63. The van der Waals surface area contributed by atoms with E-state index >= 15 is 0 Å². The molecule has 0 aliphatic carbocycles. The SMILES string of the molecule is CCN(CC#N)S(=O)(=O)c1c(C)cc(C(C)(C)C)cc1C. The molecule has 0 spiro atoms. The molecule has 0 aromatic heterocycles. The van der Waals surface area contributed by atoms with Crippen molar-refractivity contribution in [2.75, 3.05) is 13.1 Å². The van der Waals surface area contributed by atoms with Crippen LogP contribution >= 0.6 is 0 Å². The van der Waals surface area contributed by atoms with Gasteiger partial charge in [0, 0.05) is 6.54 Å². The zero-order chi connectivity index (χ0) is 16.4. The second-order valence-electron chi connectivity index (χ2n) is 6.28. The highest BCUT2D eigenvalue weighted by Crippen LogP contribution is 2.30. The molecule has 0 unspecified atom stereocenters. The first kappa shape index (κ1) is 17.7. The van der Waals surface area contributed by atoms with Gasteiger partial charge in [0.15, 0.2) is 0 Å². The average Bonchev–Trinajstić information content (AvgIpc) is 2.33. The molecule has 0 radical (unpaired) electrons. The van der Waals surface area contributed by atoms with Crippen molar-refractivity contribution in [3.05, 3.63) is 28.8 Å². The molecule has 5 heteroatoms. The number of sulfonamides is 1. The maximum atomic E-state index is 12.7. The average molecular weight is 308 g/mol. The van der Waals surface area contributed by atoms with Crippen molar-refractivity contribution in [2.45, 2.75) is 51.9 Å². The molecule has 0 saturated heterocycles. The van der Waals surface area contributed by atoms with Crippen LogP contribution in [0.1, 0.15) is 44.4 Å². The number of hydrogen-bond donors (Lipinski definition) is 0. The van der Waals surface area contributed by atoms with Crippen LogP contribution in [0.2, 0.25) is 0 Å². The Bertz CT molecular complexity index is 641. The summed E-state index contributed by atoms with van der Waals surface area (Å²) in [6, 6.07) is 5.78. The molecule has 116 valence electrons. The van der Waals surface area contributed by atoms with Gasteiger partial charge < -0.3 is 0 Å². The largest absolute Gasteiger partial charge is 0.244 e. The lowest BCUT2D eigenvalue weighted by Gasteiger charge is -2.24. The minimum absolute atomic E-state index is 0.0328. The molecule has 1 aromatic carbocycles. The van der Waals surface area contributed by atoms with Gasteiger partial charge in [-0.2, -0.15) is 9.57 Å². The summed E-state index contributed by atoms with van der Waals surface area (Å²) >= 11 is 0. The number of aryl methyl sites for hydroxylation is 2. The zero-order valence-corrected chi connectivity index (χ0v) is 14.5. The maximum Gasteiger partial charge on any atom is 0.244 e. The van der Waals surface area contributed by atoms with Crippen LogP contribution in [0.25, 0.3) is 0 Å². The fraction of sp³-hybridized carbons (Fsp3) is 0.562. The summed E-state index contributed by atoms with van der Waals surface area (Å²) in [6.45, 7) is 11.8. The van der Waals surface area contributed by atoms with Crippen LogP contribution in [0.15, 0.2) is 17.0 Å². The molecule has 0 heterocycles. The summed E-state index contributed by atoms with van der Waals surface area (Å²) in [5, 5.41) is 8.81. The maximum absolute atomic E-state index is 12.7. The second-order valence-corrected chi connectivity index (χ2v) is 8.15. The van der Waals surface area contributed by atoms with E-state index in [2.05, 4.69) is 20.8 Å². The van der Waals surface area contributed by atoms with Crippen LogP contribution in [-0.4, -0.2) is 25.8 Å². The first-order valence-electron chi connectivity index (χ1n) is 7.04. The Morgan fingerprint density at radius 2 is 1.67 bits per heavy atom. The molecule has 1 aromatic rings. The Hall–Kier alpha value is -1.38. The number of benzene rings is 1. The van der Waals surface area contributed by atoms with E-state index in [0.29, 0.717) is 4.90 Å². The molecule has 0 aliphatic heterocycles. The first-order valence-corrected chi connectivity index (χ1v) is 8.48. The number of hydrogen-bond acceptors (Lipinski definition) is 3. The van der Waals surface area contributed by atoms with Gasteiger partial charge >= 0.3 is 0 Å². The molecule has 0 aliphatic rings. The Morgan fingerprint density at radius 3 is 2.00 bits per heavy atom. The van der Waals surface area contributed by atoms with Gasteiger partial charge in [0.2, 0.25) is 10.0 Å². The number of nitrogens with zero attached hydrogens (tertiary/aromatic N) is 2. The standard InChI is InChI=1S/C16H24N2O2S/c1-7-18(9-8-17)21(19,20)15-12(2)10-14(11-13(15)3)16(4,5)6/h10-11H,7,9H2,1-6H3. The lowest BCUT2D eigenvalue weighted by molar-refractivity contribution is 0.461. The summed E-state index contributed by atoms with van der Waals surface area (Å²) in [6.07, 6.45) is 0. The van der Waals surface area contributed by atoms with E-state index < -0.39 is 10.0 Å². The van der Waals surface area contributed by atoms with Crippen LogP contribution in [-0.2, 0) is 15.4 Å². The number of nitriles is 1. The van der Waals surface area contributed by atoms with Crippen LogP contribution in [0.5, 0.6) is 0 Å². The van der Waals surface area contributed by atoms with Crippen LogP contribution in [0.4, 0.5) is 0 Å². The van der Waals surface area contributed by atoms with Crippen LogP contribution in [0, 0.1) is 25.2 Å². The second kappa shape index (κ2) is 6.17. The highest BCUT2D eigenvalue weighted by atomic mass is 32.2. The van der Waals surface area contributed by atoms with Crippen molar-refractivity contribution in [3.63, 3.8) is 0 Å². The van der Waals surface area contributed by atoms with Gasteiger partial charge in [-0.05, 0) is 36.0 Å². The van der Waals surface area contributed by atoms with Crippen molar-refractivity contribution in [2.24, 2.45) is 0 Å². The third-order valence-electron chi connectivity index (χ3n) is 3.52. The molecular weight excluding hydrogens is 284 g/mol. The van der Waals surface area contributed by atoms with Gasteiger partial charge in [-0.15, -0.1) is 0 Å². The molecule has 21 heavy (non-hydrogen) atoms. The van der Waals surface area contributed by atoms with E-state index in [1.165, 1.54) is 4.31 Å². The minimum Gasteiger partial charge on any atom is -0.207 e. The van der Waals surface area contributed by atoms with Gasteiger partial charge in [0.1, 0.15) is 6.54 Å². The van der Waals surface area contributed by atoms with E-state index in [4.69, 9.17) is 5.26 Å². The Kier molecular flexibility index (Phi) is 5.19. The summed E-state index contributed by atoms with van der Waals surface area (Å²) in [5.74, 6) is 0. The van der Waals surface area contributed by atoms with E-state index in [-0.39, 0.29) is 18.5 Å². The quantitative estimate of drug-likeness (QED) is 0.803. The van der Waals surface area contributed by atoms with Gasteiger partial charge in [-0.1, -0.05) is 39.8 Å². The third-order valence-corrected chi connectivity index (χ3v) is 5.75. The topological polar surface area (TPSA) is 61.2 Å². The highest BCUT2D eigenvalue weighted by Gasteiger charge is 2.28. The minimum atomic E-state index is -3.63. The van der Waals surface area contributed by atoms with Crippen molar-refractivity contribution in [3.8, 4) is 6.07 Å². The fourth-order valence-corrected chi connectivity index (χ4v) is 4.12. The molecule has 1 rings (SSSR count). The summed E-state index contributed by atoms with van der Waals surface area (Å²) in [7, 11) is -3.63. The molecule has 0 atom stereocenters. The summed E-state index contributed by atoms with van der Waals surface area (Å²) in [4.78, 5) is 0.326. The van der Waals surface area contributed by atoms with Crippen molar-refractivity contribution >= 4 is 10.0 Å². The predicted octanol–water partition coefficient (Wildman–Crippen LogP) is 3.14. The van der Waals surface area contributed by atoms with Gasteiger partial charge in [0.25, 0.3) is 0 Å². The highest BCUT2D eigenvalue weighted by molar-refractivity contribution is 7.89. The van der Waals surface area contributed by atoms with E-state index in [0.717, 1.165) is 16.7 Å². The van der Waals surface area contributed by atoms with Gasteiger partial charge in [-0.25, -0.2) is 8.42 Å². The Morgan fingerprint density at radius 1 is 1.19 bits per heavy atom. The number of rotatable bonds is 4. The molecule has 4 nitrogen and oxygen atoms in total. The lowest BCUT2D eigenvalue weighted by Crippen LogP contribution is -2.32. The molecule has 0 amide bonds. The smallest absolute Gasteiger partial charge is 0.207 e. The normalized spacial score (nSPS) is 12.5. The fourth-order valence-electron chi connectivity index (χ4n) is 2.36. The zero-order valence-electron chi connectivity index (χ0n) is 13.7. The van der Waals surface area contributed by atoms with Crippen molar-refractivity contribution in [1.29, 1.82) is 5.26 Å². The van der Waals surface area contributed by atoms with Crippen molar-refractivity contribution < 1.29 is 8.42 Å². The Balaban J connectivity index is 3.49. The predicted molar refractivity (Wildman–Crippen MR) is 84.7 cm³/mol. The van der Waals surface area contributed by atoms with Gasteiger partial charge in [-0.3, -0.25) is 0 Å².